The molecule has 4 aromatic rings. The van der Waals surface area contributed by atoms with E-state index >= 15 is 0 Å². The fourth-order valence-corrected chi connectivity index (χ4v) is 4.20. The second-order valence-electron chi connectivity index (χ2n) is 7.27. The van der Waals surface area contributed by atoms with Crippen LogP contribution in [0.15, 0.2) is 83.1 Å². The van der Waals surface area contributed by atoms with Crippen molar-refractivity contribution in [3.05, 3.63) is 94.5 Å². The summed E-state index contributed by atoms with van der Waals surface area (Å²) in [6.07, 6.45) is 2.64. The van der Waals surface area contributed by atoms with Crippen LogP contribution in [-0.4, -0.2) is 27.4 Å². The maximum Gasteiger partial charge on any atom is 0.250 e. The maximum atomic E-state index is 12.3. The average Bonchev–Trinajstić information content (AvgIpc) is 3.17. The number of imidazole rings is 1. The molecule has 0 atom stereocenters. The van der Waals surface area contributed by atoms with Crippen LogP contribution in [0.4, 0.5) is 0 Å². The van der Waals surface area contributed by atoms with Crippen LogP contribution in [0.1, 0.15) is 23.6 Å². The summed E-state index contributed by atoms with van der Waals surface area (Å²) in [5.74, 6) is 0.0392. The predicted molar refractivity (Wildman–Crippen MR) is 133 cm³/mol. The molecule has 0 unspecified atom stereocenters. The lowest BCUT2D eigenvalue weighted by Gasteiger charge is -2.09. The number of hydrogen-bond donors (Lipinski definition) is 1. The minimum absolute atomic E-state index is 0.179. The highest BCUT2D eigenvalue weighted by Crippen LogP contribution is 2.25. The molecule has 0 saturated carbocycles. The smallest absolute Gasteiger partial charge is 0.250 e. The van der Waals surface area contributed by atoms with Crippen molar-refractivity contribution in [3.63, 3.8) is 0 Å². The summed E-state index contributed by atoms with van der Waals surface area (Å²) in [6, 6.07) is 23.8. The molecule has 0 bridgehead atoms. The molecule has 0 radical (unpaired) electrons. The molecule has 0 fully saturated rings. The second kappa shape index (κ2) is 10.5. The summed E-state index contributed by atoms with van der Waals surface area (Å²) in [5.41, 5.74) is 7.85. The third-order valence-electron chi connectivity index (χ3n) is 5.00. The van der Waals surface area contributed by atoms with Crippen molar-refractivity contribution in [1.82, 2.24) is 15.0 Å². The average molecular weight is 463 g/mol. The maximum absolute atomic E-state index is 12.3. The minimum Gasteiger partial charge on any atom is -0.314 e. The number of rotatable bonds is 8. The van der Waals surface area contributed by atoms with Gasteiger partial charge in [0.2, 0.25) is 0 Å². The minimum atomic E-state index is -0.179. The number of thioether (sulfide) groups is 1. The Labute approximate surface area is 196 Å². The topological polar surface area (TPSA) is 59.3 Å². The van der Waals surface area contributed by atoms with E-state index in [1.165, 1.54) is 17.3 Å². The Bertz CT molecular complexity index is 1230. The van der Waals surface area contributed by atoms with Crippen molar-refractivity contribution in [1.29, 1.82) is 0 Å². The van der Waals surface area contributed by atoms with E-state index in [0.29, 0.717) is 11.6 Å². The number of amides is 1. The molecule has 0 aliphatic rings. The fourth-order valence-electron chi connectivity index (χ4n) is 3.27. The van der Waals surface area contributed by atoms with Gasteiger partial charge in [-0.15, -0.1) is 0 Å². The van der Waals surface area contributed by atoms with Crippen LogP contribution in [0.5, 0.6) is 0 Å². The molecule has 7 heteroatoms. The van der Waals surface area contributed by atoms with Crippen LogP contribution in [0.2, 0.25) is 5.02 Å². The molecular weight excluding hydrogens is 440 g/mol. The second-order valence-corrected chi connectivity index (χ2v) is 8.65. The Kier molecular flexibility index (Phi) is 7.24. The number of nitrogens with one attached hydrogen (secondary N) is 1. The number of carbonyl (C=O) groups is 1. The molecule has 1 aromatic heterocycles. The number of halogens is 1. The first-order valence-corrected chi connectivity index (χ1v) is 11.7. The molecule has 0 aliphatic carbocycles. The summed E-state index contributed by atoms with van der Waals surface area (Å²) in [7, 11) is 0. The number of benzene rings is 3. The van der Waals surface area contributed by atoms with Gasteiger partial charge in [0, 0.05) is 5.02 Å². The highest BCUT2D eigenvalue weighted by atomic mass is 35.5. The van der Waals surface area contributed by atoms with E-state index in [4.69, 9.17) is 16.6 Å². The zero-order chi connectivity index (χ0) is 22.3. The highest BCUT2D eigenvalue weighted by Gasteiger charge is 2.13. The van der Waals surface area contributed by atoms with E-state index < -0.39 is 0 Å². The summed E-state index contributed by atoms with van der Waals surface area (Å²) in [4.78, 5) is 17.1. The van der Waals surface area contributed by atoms with Crippen LogP contribution < -0.4 is 5.43 Å². The highest BCUT2D eigenvalue weighted by molar-refractivity contribution is 7.99. The quantitative estimate of drug-likeness (QED) is 0.212. The van der Waals surface area contributed by atoms with Crippen LogP contribution in [0, 0.1) is 0 Å². The van der Waals surface area contributed by atoms with Gasteiger partial charge in [-0.2, -0.15) is 5.10 Å². The molecule has 1 heterocycles. The van der Waals surface area contributed by atoms with Gasteiger partial charge in [-0.3, -0.25) is 4.79 Å². The van der Waals surface area contributed by atoms with Crippen LogP contribution in [0.3, 0.4) is 0 Å². The first-order valence-electron chi connectivity index (χ1n) is 10.4. The first kappa shape index (κ1) is 22.1. The Morgan fingerprint density at radius 2 is 1.78 bits per heavy atom. The van der Waals surface area contributed by atoms with Crippen LogP contribution in [0.25, 0.3) is 11.0 Å². The largest absolute Gasteiger partial charge is 0.314 e. The fraction of sp³-hybridized carbons (Fsp3) is 0.160. The molecule has 4 rings (SSSR count). The third kappa shape index (κ3) is 5.58. The normalized spacial score (nSPS) is 11.3. The van der Waals surface area contributed by atoms with Gasteiger partial charge in [0.1, 0.15) is 0 Å². The summed E-state index contributed by atoms with van der Waals surface area (Å²) >= 11 is 7.41. The van der Waals surface area contributed by atoms with E-state index in [2.05, 4.69) is 34.2 Å². The van der Waals surface area contributed by atoms with Crippen molar-refractivity contribution in [3.8, 4) is 0 Å². The number of carbonyl (C=O) groups excluding carboxylic acids is 1. The lowest BCUT2D eigenvalue weighted by molar-refractivity contribution is -0.118. The Morgan fingerprint density at radius 3 is 2.53 bits per heavy atom. The lowest BCUT2D eigenvalue weighted by Crippen LogP contribution is -2.20. The van der Waals surface area contributed by atoms with Gasteiger partial charge in [0.25, 0.3) is 5.91 Å². The zero-order valence-corrected chi connectivity index (χ0v) is 19.2. The third-order valence-corrected chi connectivity index (χ3v) is 6.23. The number of aryl methyl sites for hydroxylation is 1. The van der Waals surface area contributed by atoms with E-state index in [0.717, 1.165) is 33.7 Å². The summed E-state index contributed by atoms with van der Waals surface area (Å²) in [6.45, 7) is 2.76. The summed E-state index contributed by atoms with van der Waals surface area (Å²) in [5, 5.41) is 5.57. The van der Waals surface area contributed by atoms with Gasteiger partial charge in [0.05, 0.1) is 29.5 Å². The van der Waals surface area contributed by atoms with Gasteiger partial charge in [-0.05, 0) is 47.4 Å². The Hall–Kier alpha value is -3.09. The van der Waals surface area contributed by atoms with Crippen molar-refractivity contribution in [2.75, 3.05) is 5.75 Å². The van der Waals surface area contributed by atoms with Gasteiger partial charge in [0.15, 0.2) is 5.16 Å². The summed E-state index contributed by atoms with van der Waals surface area (Å²) < 4.78 is 2.12. The monoisotopic (exact) mass is 462 g/mol. The molecular formula is C25H23ClN4OS. The molecule has 1 N–H and O–H groups in total. The molecule has 162 valence electrons. The SMILES string of the molecule is CCc1ccc(/C=N\NC(=O)CSc2nc3ccccc3n2Cc2ccc(Cl)cc2)cc1. The van der Waals surface area contributed by atoms with Crippen molar-refractivity contribution < 1.29 is 4.79 Å². The van der Waals surface area contributed by atoms with Gasteiger partial charge in [-0.1, -0.05) is 78.8 Å². The first-order chi connectivity index (χ1) is 15.6. The van der Waals surface area contributed by atoms with E-state index in [9.17, 15) is 4.79 Å². The molecule has 0 aliphatic heterocycles. The van der Waals surface area contributed by atoms with Gasteiger partial charge < -0.3 is 4.57 Å². The van der Waals surface area contributed by atoms with Crippen molar-refractivity contribution in [2.24, 2.45) is 5.10 Å². The molecule has 0 saturated heterocycles. The van der Waals surface area contributed by atoms with Crippen molar-refractivity contribution in [2.45, 2.75) is 25.0 Å². The van der Waals surface area contributed by atoms with Gasteiger partial charge in [-0.25, -0.2) is 10.4 Å². The number of hydrogen-bond acceptors (Lipinski definition) is 4. The molecule has 1 amide bonds. The number of fused-ring (bicyclic) bond motifs is 1. The van der Waals surface area contributed by atoms with Gasteiger partial charge >= 0.3 is 0 Å². The Morgan fingerprint density at radius 1 is 1.06 bits per heavy atom. The number of aromatic nitrogens is 2. The molecule has 5 nitrogen and oxygen atoms in total. The number of hydrazone groups is 1. The van der Waals surface area contributed by atoms with E-state index in [1.54, 1.807) is 6.21 Å². The number of nitrogens with zero attached hydrogens (tertiary/aromatic N) is 3. The predicted octanol–water partition coefficient (Wildman–Crippen LogP) is 5.54. The van der Waals surface area contributed by atoms with Crippen LogP contribution >= 0.6 is 23.4 Å². The molecule has 3 aromatic carbocycles. The van der Waals surface area contributed by atoms with E-state index in [1.807, 2.05) is 60.7 Å². The Balaban J connectivity index is 1.42. The molecule has 0 spiro atoms. The van der Waals surface area contributed by atoms with E-state index in [-0.39, 0.29) is 11.7 Å². The van der Waals surface area contributed by atoms with Crippen LogP contribution in [-0.2, 0) is 17.8 Å². The number of para-hydroxylation sites is 2. The molecule has 32 heavy (non-hydrogen) atoms. The standard InChI is InChI=1S/C25H23ClN4OS/c1-2-18-7-9-19(10-8-18)15-27-29-24(31)17-32-25-28-22-5-3-4-6-23(22)30(25)16-20-11-13-21(26)14-12-20/h3-15H,2,16-17H2,1H3,(H,29,31)/b27-15-. The lowest BCUT2D eigenvalue weighted by atomic mass is 10.1. The van der Waals surface area contributed by atoms with Crippen molar-refractivity contribution >= 4 is 46.5 Å². The zero-order valence-electron chi connectivity index (χ0n) is 17.7.